The quantitative estimate of drug-likeness (QED) is 0.690. The van der Waals surface area contributed by atoms with E-state index in [1.165, 1.54) is 6.20 Å². The zero-order valence-corrected chi connectivity index (χ0v) is 8.14. The molecule has 76 valence electrons. The Morgan fingerprint density at radius 1 is 1.67 bits per heavy atom. The van der Waals surface area contributed by atoms with Crippen LogP contribution in [0.5, 0.6) is 5.88 Å². The van der Waals surface area contributed by atoms with Crippen molar-refractivity contribution in [2.45, 2.75) is 12.8 Å². The van der Waals surface area contributed by atoms with E-state index in [1.54, 1.807) is 12.1 Å². The predicted octanol–water partition coefficient (Wildman–Crippen LogP) is 1.31. The van der Waals surface area contributed by atoms with Gasteiger partial charge in [0.1, 0.15) is 12.9 Å². The number of hydrogen-bond acceptors (Lipinski definition) is 4. The first-order valence-corrected chi connectivity index (χ1v) is 4.73. The first-order valence-electron chi connectivity index (χ1n) is 4.73. The molecule has 0 spiro atoms. The van der Waals surface area contributed by atoms with Gasteiger partial charge in [-0.2, -0.15) is 5.26 Å². The Bertz CT molecular complexity index is 419. The minimum Gasteiger partial charge on any atom is -0.477 e. The number of aromatic nitrogens is 1. The van der Waals surface area contributed by atoms with Crippen LogP contribution < -0.4 is 4.74 Å². The monoisotopic (exact) mass is 202 g/mol. The number of nitrogens with zero attached hydrogens (tertiary/aromatic N) is 2. The summed E-state index contributed by atoms with van der Waals surface area (Å²) in [6, 6.07) is 5.19. The molecule has 0 aromatic carbocycles. The first kappa shape index (κ1) is 9.66. The maximum Gasteiger partial charge on any atom is 0.214 e. The van der Waals surface area contributed by atoms with Gasteiger partial charge in [-0.25, -0.2) is 4.98 Å². The van der Waals surface area contributed by atoms with Crippen molar-refractivity contribution in [2.75, 3.05) is 6.61 Å². The van der Waals surface area contributed by atoms with Gasteiger partial charge in [-0.3, -0.25) is 0 Å². The number of aldehydes is 1. The van der Waals surface area contributed by atoms with Gasteiger partial charge < -0.3 is 9.53 Å². The Kier molecular flexibility index (Phi) is 2.38. The molecule has 1 fully saturated rings. The highest BCUT2D eigenvalue weighted by Gasteiger charge is 2.43. The molecule has 1 aliphatic rings. The third kappa shape index (κ3) is 2.13. The number of rotatable bonds is 4. The Morgan fingerprint density at radius 3 is 3.07 bits per heavy atom. The summed E-state index contributed by atoms with van der Waals surface area (Å²) >= 11 is 0. The molecule has 0 aliphatic heterocycles. The fourth-order valence-corrected chi connectivity index (χ4v) is 1.23. The fraction of sp³-hybridized carbons (Fsp3) is 0.364. The average molecular weight is 202 g/mol. The van der Waals surface area contributed by atoms with Crippen LogP contribution >= 0.6 is 0 Å². The van der Waals surface area contributed by atoms with E-state index >= 15 is 0 Å². The zero-order valence-electron chi connectivity index (χ0n) is 8.14. The SMILES string of the molecule is N#Cc1ccnc(OCC2(C=O)CC2)c1. The smallest absolute Gasteiger partial charge is 0.214 e. The molecule has 1 aliphatic carbocycles. The van der Waals surface area contributed by atoms with E-state index in [1.807, 2.05) is 6.07 Å². The van der Waals surface area contributed by atoms with Crippen molar-refractivity contribution in [3.63, 3.8) is 0 Å². The van der Waals surface area contributed by atoms with E-state index in [9.17, 15) is 4.79 Å². The maximum atomic E-state index is 10.7. The Labute approximate surface area is 87.5 Å². The van der Waals surface area contributed by atoms with Crippen LogP contribution in [0.1, 0.15) is 18.4 Å². The summed E-state index contributed by atoms with van der Waals surface area (Å²) in [6.07, 6.45) is 4.23. The molecular weight excluding hydrogens is 192 g/mol. The van der Waals surface area contributed by atoms with Crippen LogP contribution in [0.4, 0.5) is 0 Å². The Hall–Kier alpha value is -1.89. The van der Waals surface area contributed by atoms with Gasteiger partial charge in [-0.05, 0) is 18.9 Å². The van der Waals surface area contributed by atoms with Crippen LogP contribution in [0.2, 0.25) is 0 Å². The highest BCUT2D eigenvalue weighted by atomic mass is 16.5. The Morgan fingerprint density at radius 2 is 2.47 bits per heavy atom. The molecule has 4 heteroatoms. The third-order valence-electron chi connectivity index (χ3n) is 2.51. The largest absolute Gasteiger partial charge is 0.477 e. The summed E-state index contributed by atoms with van der Waals surface area (Å²) in [4.78, 5) is 14.6. The molecule has 0 atom stereocenters. The summed E-state index contributed by atoms with van der Waals surface area (Å²) in [5.74, 6) is 0.405. The molecule has 0 saturated heterocycles. The Balaban J connectivity index is 1.99. The van der Waals surface area contributed by atoms with Crippen molar-refractivity contribution in [3.8, 4) is 11.9 Å². The van der Waals surface area contributed by atoms with Crippen molar-refractivity contribution in [3.05, 3.63) is 23.9 Å². The van der Waals surface area contributed by atoms with Crippen LogP contribution in [-0.2, 0) is 4.79 Å². The molecule has 1 heterocycles. The molecule has 15 heavy (non-hydrogen) atoms. The van der Waals surface area contributed by atoms with Crippen LogP contribution in [0, 0.1) is 16.7 Å². The molecule has 1 aromatic rings. The van der Waals surface area contributed by atoms with Crippen molar-refractivity contribution in [1.82, 2.24) is 4.98 Å². The zero-order chi connectivity index (χ0) is 10.7. The summed E-state index contributed by atoms with van der Waals surface area (Å²) in [6.45, 7) is 0.360. The van der Waals surface area contributed by atoms with Crippen LogP contribution in [0.25, 0.3) is 0 Å². The number of pyridine rings is 1. The summed E-state index contributed by atoms with van der Waals surface area (Å²) in [7, 11) is 0. The molecule has 1 aromatic heterocycles. The van der Waals surface area contributed by atoms with Gasteiger partial charge in [0, 0.05) is 12.3 Å². The van der Waals surface area contributed by atoms with Gasteiger partial charge in [0.15, 0.2) is 0 Å². The summed E-state index contributed by atoms with van der Waals surface area (Å²) in [5, 5.41) is 8.66. The van der Waals surface area contributed by atoms with Gasteiger partial charge in [0.25, 0.3) is 0 Å². The van der Waals surface area contributed by atoms with Crippen molar-refractivity contribution >= 4 is 6.29 Å². The molecule has 0 bridgehead atoms. The number of ether oxygens (including phenoxy) is 1. The number of hydrogen-bond donors (Lipinski definition) is 0. The minimum absolute atomic E-state index is 0.287. The highest BCUT2D eigenvalue weighted by molar-refractivity contribution is 5.63. The normalized spacial score (nSPS) is 16.5. The molecule has 2 rings (SSSR count). The van der Waals surface area contributed by atoms with E-state index in [0.29, 0.717) is 18.1 Å². The number of carbonyl (C=O) groups excluding carboxylic acids is 1. The molecule has 0 unspecified atom stereocenters. The van der Waals surface area contributed by atoms with Gasteiger partial charge in [0.05, 0.1) is 17.0 Å². The number of nitriles is 1. The van der Waals surface area contributed by atoms with Crippen LogP contribution in [0.3, 0.4) is 0 Å². The van der Waals surface area contributed by atoms with Crippen molar-refractivity contribution < 1.29 is 9.53 Å². The van der Waals surface area contributed by atoms with Gasteiger partial charge >= 0.3 is 0 Å². The van der Waals surface area contributed by atoms with E-state index in [-0.39, 0.29) is 5.41 Å². The van der Waals surface area contributed by atoms with E-state index in [4.69, 9.17) is 10.00 Å². The third-order valence-corrected chi connectivity index (χ3v) is 2.51. The molecular formula is C11H10N2O2. The van der Waals surface area contributed by atoms with Crippen LogP contribution in [-0.4, -0.2) is 17.9 Å². The van der Waals surface area contributed by atoms with Gasteiger partial charge in [-0.1, -0.05) is 0 Å². The van der Waals surface area contributed by atoms with E-state index in [0.717, 1.165) is 19.1 Å². The molecule has 4 nitrogen and oxygen atoms in total. The van der Waals surface area contributed by atoms with E-state index < -0.39 is 0 Å². The predicted molar refractivity (Wildman–Crippen MR) is 52.2 cm³/mol. The summed E-state index contributed by atoms with van der Waals surface area (Å²) in [5.41, 5.74) is 0.223. The topological polar surface area (TPSA) is 63.0 Å². The second-order valence-electron chi connectivity index (χ2n) is 3.76. The number of carbonyl (C=O) groups is 1. The minimum atomic E-state index is -0.287. The van der Waals surface area contributed by atoms with Gasteiger partial charge in [0.2, 0.25) is 5.88 Å². The van der Waals surface area contributed by atoms with Crippen LogP contribution in [0.15, 0.2) is 18.3 Å². The maximum absolute atomic E-state index is 10.7. The van der Waals surface area contributed by atoms with E-state index in [2.05, 4.69) is 4.98 Å². The lowest BCUT2D eigenvalue weighted by Gasteiger charge is -2.08. The molecule has 0 N–H and O–H groups in total. The lowest BCUT2D eigenvalue weighted by molar-refractivity contribution is -0.113. The lowest BCUT2D eigenvalue weighted by atomic mass is 10.1. The standard InChI is InChI=1S/C11H10N2O2/c12-6-9-1-4-13-10(5-9)15-8-11(7-14)2-3-11/h1,4-5,7H,2-3,8H2. The first-order chi connectivity index (χ1) is 7.28. The second kappa shape index (κ2) is 3.70. The molecule has 0 amide bonds. The van der Waals surface area contributed by atoms with Crippen molar-refractivity contribution in [2.24, 2.45) is 5.41 Å². The van der Waals surface area contributed by atoms with Crippen molar-refractivity contribution in [1.29, 1.82) is 5.26 Å². The summed E-state index contributed by atoms with van der Waals surface area (Å²) < 4.78 is 5.37. The molecule has 1 saturated carbocycles. The fourth-order valence-electron chi connectivity index (χ4n) is 1.23. The van der Waals surface area contributed by atoms with Gasteiger partial charge in [-0.15, -0.1) is 0 Å². The molecule has 0 radical (unpaired) electrons. The second-order valence-corrected chi connectivity index (χ2v) is 3.76. The average Bonchev–Trinajstić information content (AvgIpc) is 3.07. The lowest BCUT2D eigenvalue weighted by Crippen LogP contribution is -2.14. The highest BCUT2D eigenvalue weighted by Crippen LogP contribution is 2.43.